The van der Waals surface area contributed by atoms with Crippen molar-refractivity contribution in [3.63, 3.8) is 0 Å². The summed E-state index contributed by atoms with van der Waals surface area (Å²) in [5.41, 5.74) is 0.488. The summed E-state index contributed by atoms with van der Waals surface area (Å²) in [5, 5.41) is 6.36. The average Bonchev–Trinajstić information content (AvgIpc) is 2.95. The predicted octanol–water partition coefficient (Wildman–Crippen LogP) is 4.51. The number of benzene rings is 4. The summed E-state index contributed by atoms with van der Waals surface area (Å²) in [5.74, 6) is -0.796. The highest BCUT2D eigenvalue weighted by Gasteiger charge is 2.49. The second-order valence-corrected chi connectivity index (χ2v) is 11.8. The van der Waals surface area contributed by atoms with Crippen molar-refractivity contribution in [2.75, 3.05) is 12.8 Å². The molecule has 0 unspecified atom stereocenters. The normalized spacial score (nSPS) is 11.8. The largest absolute Gasteiger partial charge is 0.460 e. The van der Waals surface area contributed by atoms with Crippen LogP contribution < -0.4 is 21.2 Å². The van der Waals surface area contributed by atoms with E-state index in [2.05, 4.69) is 48.3 Å². The summed E-state index contributed by atoms with van der Waals surface area (Å²) in [6.07, 6.45) is 1.90. The maximum Gasteiger partial charge on any atom is 0.332 e. The molecule has 0 aromatic heterocycles. The fourth-order valence-corrected chi connectivity index (χ4v) is 8.69. The molecule has 0 saturated heterocycles. The van der Waals surface area contributed by atoms with Crippen LogP contribution in [-0.2, 0) is 9.53 Å². The summed E-state index contributed by atoms with van der Waals surface area (Å²) in [6, 6.07) is 38.8. The first-order valence-electron chi connectivity index (χ1n) is 11.8. The second-order valence-electron chi connectivity index (χ2n) is 8.31. The Kier molecular flexibility index (Phi) is 8.44. The van der Waals surface area contributed by atoms with Crippen LogP contribution in [0, 0.1) is 0 Å². The number of nitrogens with one attached hydrogen (secondary N) is 1. The highest BCUT2D eigenvalue weighted by atomic mass is 31.2. The second kappa shape index (κ2) is 12.1. The van der Waals surface area contributed by atoms with Gasteiger partial charge in [0.15, 0.2) is 6.04 Å². The van der Waals surface area contributed by atoms with Crippen LogP contribution in [0.1, 0.15) is 10.4 Å². The van der Waals surface area contributed by atoms with Crippen LogP contribution in [0.25, 0.3) is 0 Å². The molecular formula is C31H29NO3P+. The molecule has 1 atom stereocenters. The minimum absolute atomic E-state index is 0.0734. The lowest BCUT2D eigenvalue weighted by molar-refractivity contribution is -0.144. The van der Waals surface area contributed by atoms with E-state index in [4.69, 9.17) is 4.74 Å². The molecule has 0 bridgehead atoms. The minimum Gasteiger partial charge on any atom is -0.460 e. The third kappa shape index (κ3) is 5.62. The standard InChI is InChI=1S/C31H28NO3P/c1-2-23-35-31(34)29(32-30(33)25-15-7-3-8-16-25)24-36(26-17-9-4-10-18-26,27-19-11-5-12-20-27)28-21-13-6-14-22-28/h2-22,29H,1,23-24H2/p+1/t29-/m1/s1. The van der Waals surface area contributed by atoms with E-state index in [1.54, 1.807) is 24.3 Å². The minimum atomic E-state index is -2.38. The third-order valence-electron chi connectivity index (χ3n) is 6.02. The number of carbonyl (C=O) groups excluding carboxylic acids is 2. The molecule has 4 aromatic rings. The number of carbonyl (C=O) groups is 2. The Morgan fingerprint density at radius 1 is 0.722 bits per heavy atom. The number of esters is 1. The lowest BCUT2D eigenvalue weighted by Crippen LogP contribution is -2.48. The molecule has 0 aliphatic carbocycles. The summed E-state index contributed by atoms with van der Waals surface area (Å²) in [6.45, 7) is 3.73. The molecule has 0 fully saturated rings. The third-order valence-corrected chi connectivity index (χ3v) is 10.5. The molecule has 4 rings (SSSR count). The van der Waals surface area contributed by atoms with Gasteiger partial charge in [-0.1, -0.05) is 85.5 Å². The summed E-state index contributed by atoms with van der Waals surface area (Å²) in [4.78, 5) is 26.6. The monoisotopic (exact) mass is 494 g/mol. The van der Waals surface area contributed by atoms with Gasteiger partial charge in [0.25, 0.3) is 5.91 Å². The van der Waals surface area contributed by atoms with Crippen LogP contribution in [0.5, 0.6) is 0 Å². The lowest BCUT2D eigenvalue weighted by Gasteiger charge is -2.30. The van der Waals surface area contributed by atoms with Crippen molar-refractivity contribution < 1.29 is 14.3 Å². The molecule has 1 N–H and O–H groups in total. The fraction of sp³-hybridized carbons (Fsp3) is 0.0968. The molecule has 0 aliphatic heterocycles. The van der Waals surface area contributed by atoms with E-state index < -0.39 is 19.3 Å². The van der Waals surface area contributed by atoms with E-state index in [9.17, 15) is 9.59 Å². The quantitative estimate of drug-likeness (QED) is 0.201. The zero-order valence-electron chi connectivity index (χ0n) is 20.0. The van der Waals surface area contributed by atoms with Gasteiger partial charge >= 0.3 is 5.97 Å². The Bertz CT molecular complexity index is 1180. The first-order valence-corrected chi connectivity index (χ1v) is 13.8. The van der Waals surface area contributed by atoms with E-state index in [0.29, 0.717) is 11.7 Å². The van der Waals surface area contributed by atoms with Gasteiger partial charge in [-0.3, -0.25) is 4.79 Å². The van der Waals surface area contributed by atoms with Crippen molar-refractivity contribution >= 4 is 35.1 Å². The molecule has 4 nitrogen and oxygen atoms in total. The van der Waals surface area contributed by atoms with E-state index in [1.165, 1.54) is 6.08 Å². The molecule has 5 heteroatoms. The van der Waals surface area contributed by atoms with Crippen molar-refractivity contribution in [3.8, 4) is 0 Å². The van der Waals surface area contributed by atoms with E-state index in [1.807, 2.05) is 60.7 Å². The number of hydrogen-bond acceptors (Lipinski definition) is 3. The average molecular weight is 495 g/mol. The molecule has 0 spiro atoms. The van der Waals surface area contributed by atoms with Crippen LogP contribution in [0.2, 0.25) is 0 Å². The Morgan fingerprint density at radius 3 is 1.56 bits per heavy atom. The van der Waals surface area contributed by atoms with Gasteiger partial charge < -0.3 is 10.1 Å². The molecule has 0 heterocycles. The summed E-state index contributed by atoms with van der Waals surface area (Å²) < 4.78 is 5.49. The first-order chi connectivity index (χ1) is 17.6. The van der Waals surface area contributed by atoms with Gasteiger partial charge in [0.1, 0.15) is 35.9 Å². The van der Waals surface area contributed by atoms with E-state index in [0.717, 1.165) is 15.9 Å². The Morgan fingerprint density at radius 2 is 1.14 bits per heavy atom. The van der Waals surface area contributed by atoms with Gasteiger partial charge in [0.05, 0.1) is 0 Å². The van der Waals surface area contributed by atoms with E-state index >= 15 is 0 Å². The van der Waals surface area contributed by atoms with Gasteiger partial charge in [0, 0.05) is 5.56 Å². The van der Waals surface area contributed by atoms with Crippen LogP contribution in [-0.4, -0.2) is 30.7 Å². The maximum absolute atomic E-state index is 13.4. The number of amides is 1. The molecule has 0 radical (unpaired) electrons. The number of hydrogen-bond donors (Lipinski definition) is 1. The molecule has 1 amide bonds. The van der Waals surface area contributed by atoms with Gasteiger partial charge in [-0.05, 0) is 48.5 Å². The first kappa shape index (κ1) is 25.1. The number of ether oxygens (including phenoxy) is 1. The fourth-order valence-electron chi connectivity index (χ4n) is 4.34. The highest BCUT2D eigenvalue weighted by molar-refractivity contribution is 7.95. The molecular weight excluding hydrogens is 465 g/mol. The smallest absolute Gasteiger partial charge is 0.332 e. The summed E-state index contributed by atoms with van der Waals surface area (Å²) >= 11 is 0. The van der Waals surface area contributed by atoms with Crippen LogP contribution >= 0.6 is 7.26 Å². The SMILES string of the molecule is C=CCOC(=O)[C@@H](C[P+](c1ccccc1)(c1ccccc1)c1ccccc1)NC(=O)c1ccccc1. The van der Waals surface area contributed by atoms with Crippen LogP contribution in [0.15, 0.2) is 134 Å². The van der Waals surface area contributed by atoms with Gasteiger partial charge in [-0.15, -0.1) is 0 Å². The molecule has 180 valence electrons. The zero-order valence-corrected chi connectivity index (χ0v) is 20.9. The van der Waals surface area contributed by atoms with Gasteiger partial charge in [-0.2, -0.15) is 0 Å². The molecule has 36 heavy (non-hydrogen) atoms. The number of rotatable bonds is 10. The van der Waals surface area contributed by atoms with Gasteiger partial charge in [-0.25, -0.2) is 4.79 Å². The molecule has 0 saturated carbocycles. The van der Waals surface area contributed by atoms with Crippen LogP contribution in [0.3, 0.4) is 0 Å². The van der Waals surface area contributed by atoms with Crippen molar-refractivity contribution in [1.29, 1.82) is 0 Å². The van der Waals surface area contributed by atoms with E-state index in [-0.39, 0.29) is 12.5 Å². The van der Waals surface area contributed by atoms with Crippen molar-refractivity contribution in [2.24, 2.45) is 0 Å². The Labute approximate surface area is 213 Å². The molecule has 0 aliphatic rings. The summed E-state index contributed by atoms with van der Waals surface area (Å²) in [7, 11) is -2.38. The topological polar surface area (TPSA) is 55.4 Å². The predicted molar refractivity (Wildman–Crippen MR) is 149 cm³/mol. The Balaban J connectivity index is 1.86. The zero-order chi connectivity index (χ0) is 25.2. The molecule has 4 aromatic carbocycles. The van der Waals surface area contributed by atoms with Crippen molar-refractivity contribution in [3.05, 3.63) is 140 Å². The maximum atomic E-state index is 13.4. The Hall–Kier alpha value is -4.01. The van der Waals surface area contributed by atoms with Crippen molar-refractivity contribution in [1.82, 2.24) is 5.32 Å². The van der Waals surface area contributed by atoms with Crippen LogP contribution in [0.4, 0.5) is 0 Å². The lowest BCUT2D eigenvalue weighted by atomic mass is 10.2. The van der Waals surface area contributed by atoms with Gasteiger partial charge in [0.2, 0.25) is 0 Å². The van der Waals surface area contributed by atoms with Crippen molar-refractivity contribution in [2.45, 2.75) is 6.04 Å². The highest BCUT2D eigenvalue weighted by Crippen LogP contribution is 2.55.